The van der Waals surface area contributed by atoms with E-state index in [1.54, 1.807) is 4.90 Å². The number of ether oxygens (including phenoxy) is 2. The Balaban J connectivity index is 1.69. The Bertz CT molecular complexity index is 856. The zero-order valence-corrected chi connectivity index (χ0v) is 17.7. The number of amides is 1. The molecule has 0 N–H and O–H groups in total. The van der Waals surface area contributed by atoms with Crippen molar-refractivity contribution in [2.24, 2.45) is 0 Å². The van der Waals surface area contributed by atoms with Crippen LogP contribution in [-0.2, 0) is 16.0 Å². The highest BCUT2D eigenvalue weighted by atomic mass is 19.4. The van der Waals surface area contributed by atoms with Gasteiger partial charge in [0.15, 0.2) is 0 Å². The highest BCUT2D eigenvalue weighted by Gasteiger charge is 2.28. The number of para-hydroxylation sites is 2. The van der Waals surface area contributed by atoms with Crippen molar-refractivity contribution in [2.75, 3.05) is 50.9 Å². The minimum Gasteiger partial charge on any atom is -0.449 e. The molecule has 172 valence electrons. The van der Waals surface area contributed by atoms with Crippen LogP contribution in [-0.4, -0.2) is 72.7 Å². The number of aromatic nitrogens is 2. The number of nitrogens with zero attached hydrogens (tertiary/aromatic N) is 4. The van der Waals surface area contributed by atoms with Crippen molar-refractivity contribution in [3.63, 3.8) is 0 Å². The number of hydrogen-bond donors (Lipinski definition) is 0. The molecule has 1 saturated heterocycles. The van der Waals surface area contributed by atoms with Crippen molar-refractivity contribution in [1.29, 1.82) is 0 Å². The van der Waals surface area contributed by atoms with Crippen molar-refractivity contribution in [1.82, 2.24) is 14.5 Å². The number of fused-ring (bicyclic) bond motifs is 1. The molecule has 0 atom stereocenters. The molecule has 2 aromatic rings. The van der Waals surface area contributed by atoms with Crippen molar-refractivity contribution >= 4 is 23.1 Å². The van der Waals surface area contributed by atoms with E-state index in [-0.39, 0.29) is 19.2 Å². The molecular weight excluding hydrogens is 413 g/mol. The molecule has 1 amide bonds. The lowest BCUT2D eigenvalue weighted by Gasteiger charge is -2.23. The van der Waals surface area contributed by atoms with E-state index in [1.807, 2.05) is 35.8 Å². The summed E-state index contributed by atoms with van der Waals surface area (Å²) >= 11 is 0. The van der Waals surface area contributed by atoms with Gasteiger partial charge in [-0.25, -0.2) is 9.78 Å². The minimum absolute atomic E-state index is 0.0728. The molecule has 10 heteroatoms. The fourth-order valence-corrected chi connectivity index (χ4v) is 3.56. The Morgan fingerprint density at radius 2 is 1.94 bits per heavy atom. The summed E-state index contributed by atoms with van der Waals surface area (Å²) in [6.45, 7) is 3.72. The summed E-state index contributed by atoms with van der Waals surface area (Å²) in [5.74, 6) is 0.679. The van der Waals surface area contributed by atoms with Crippen LogP contribution in [0, 0.1) is 0 Å². The third-order valence-corrected chi connectivity index (χ3v) is 5.12. The number of rotatable bonds is 8. The van der Waals surface area contributed by atoms with Crippen molar-refractivity contribution in [3.8, 4) is 0 Å². The maximum absolute atomic E-state index is 12.4. The lowest BCUT2D eigenvalue weighted by atomic mass is 10.3. The van der Waals surface area contributed by atoms with Crippen molar-refractivity contribution in [2.45, 2.75) is 38.9 Å². The standard InChI is InChI=1S/C21H29F3N4O3/c1-2-3-14-31-20(29)27-10-6-9-26(11-12-27)19-25-17-7-4-5-8-18(17)28(19)13-15-30-16-21(22,23)24/h4-5,7-8H,2-3,6,9-16H2,1H3. The van der Waals surface area contributed by atoms with Gasteiger partial charge >= 0.3 is 12.3 Å². The third kappa shape index (κ3) is 6.49. The van der Waals surface area contributed by atoms with Crippen LogP contribution < -0.4 is 4.90 Å². The average Bonchev–Trinajstić information content (AvgIpc) is 2.91. The first-order valence-corrected chi connectivity index (χ1v) is 10.7. The molecular formula is C21H29F3N4O3. The normalized spacial score (nSPS) is 15.4. The summed E-state index contributed by atoms with van der Waals surface area (Å²) in [6.07, 6.45) is -2.10. The number of hydrogen-bond acceptors (Lipinski definition) is 5. The molecule has 3 rings (SSSR count). The van der Waals surface area contributed by atoms with Gasteiger partial charge in [-0.05, 0) is 25.0 Å². The van der Waals surface area contributed by atoms with Crippen molar-refractivity contribution in [3.05, 3.63) is 24.3 Å². The summed E-state index contributed by atoms with van der Waals surface area (Å²) in [4.78, 5) is 20.8. The molecule has 1 aliphatic heterocycles. The fraction of sp³-hybridized carbons (Fsp3) is 0.619. The van der Waals surface area contributed by atoms with Crippen LogP contribution in [0.5, 0.6) is 0 Å². The van der Waals surface area contributed by atoms with Crippen LogP contribution in [0.3, 0.4) is 0 Å². The predicted molar refractivity (Wildman–Crippen MR) is 111 cm³/mol. The van der Waals surface area contributed by atoms with E-state index in [0.29, 0.717) is 38.7 Å². The molecule has 0 unspecified atom stereocenters. The Kier molecular flexibility index (Phi) is 8.00. The number of halogens is 3. The summed E-state index contributed by atoms with van der Waals surface area (Å²) in [7, 11) is 0. The SMILES string of the molecule is CCCCOC(=O)N1CCCN(c2nc3ccccc3n2CCOCC(F)(F)F)CC1. The fourth-order valence-electron chi connectivity index (χ4n) is 3.56. The summed E-state index contributed by atoms with van der Waals surface area (Å²) in [5, 5.41) is 0. The summed E-state index contributed by atoms with van der Waals surface area (Å²) < 4.78 is 49.2. The van der Waals surface area contributed by atoms with Crippen LogP contribution in [0.15, 0.2) is 24.3 Å². The Morgan fingerprint density at radius 3 is 2.71 bits per heavy atom. The van der Waals surface area contributed by atoms with Gasteiger partial charge in [0.2, 0.25) is 5.95 Å². The molecule has 2 heterocycles. The summed E-state index contributed by atoms with van der Waals surface area (Å²) in [6, 6.07) is 7.52. The van der Waals surface area contributed by atoms with Crippen LogP contribution in [0.1, 0.15) is 26.2 Å². The number of benzene rings is 1. The predicted octanol–water partition coefficient (Wildman–Crippen LogP) is 4.06. The number of alkyl halides is 3. The lowest BCUT2D eigenvalue weighted by molar-refractivity contribution is -0.174. The molecule has 31 heavy (non-hydrogen) atoms. The molecule has 1 aliphatic rings. The molecule has 1 fully saturated rings. The first-order valence-electron chi connectivity index (χ1n) is 10.7. The molecule has 0 saturated carbocycles. The summed E-state index contributed by atoms with van der Waals surface area (Å²) in [5.41, 5.74) is 1.61. The van der Waals surface area contributed by atoms with Gasteiger partial charge in [-0.3, -0.25) is 0 Å². The molecule has 0 spiro atoms. The Morgan fingerprint density at radius 1 is 1.13 bits per heavy atom. The van der Waals surface area contributed by atoms with Gasteiger partial charge in [0.1, 0.15) is 6.61 Å². The molecule has 0 bridgehead atoms. The molecule has 7 nitrogen and oxygen atoms in total. The largest absolute Gasteiger partial charge is 0.449 e. The average molecular weight is 442 g/mol. The second kappa shape index (κ2) is 10.7. The number of unbranched alkanes of at least 4 members (excludes halogenated alkanes) is 1. The monoisotopic (exact) mass is 442 g/mol. The van der Waals surface area contributed by atoms with E-state index in [2.05, 4.69) is 4.90 Å². The molecule has 1 aromatic heterocycles. The maximum atomic E-state index is 12.4. The van der Waals surface area contributed by atoms with E-state index in [1.165, 1.54) is 0 Å². The zero-order valence-electron chi connectivity index (χ0n) is 17.7. The van der Waals surface area contributed by atoms with E-state index >= 15 is 0 Å². The topological polar surface area (TPSA) is 59.8 Å². The van der Waals surface area contributed by atoms with Crippen LogP contribution in [0.4, 0.5) is 23.9 Å². The Hall–Kier alpha value is -2.49. The zero-order chi connectivity index (χ0) is 22.3. The van der Waals surface area contributed by atoms with Gasteiger partial charge in [-0.15, -0.1) is 0 Å². The van der Waals surface area contributed by atoms with Gasteiger partial charge < -0.3 is 23.8 Å². The number of imidazole rings is 1. The molecule has 1 aromatic carbocycles. The van der Waals surface area contributed by atoms with E-state index < -0.39 is 12.8 Å². The highest BCUT2D eigenvalue weighted by molar-refractivity contribution is 5.79. The third-order valence-electron chi connectivity index (χ3n) is 5.12. The van der Waals surface area contributed by atoms with Gasteiger partial charge in [0.25, 0.3) is 0 Å². The van der Waals surface area contributed by atoms with Gasteiger partial charge in [-0.2, -0.15) is 13.2 Å². The lowest BCUT2D eigenvalue weighted by Crippen LogP contribution is -2.36. The number of carbonyl (C=O) groups excluding carboxylic acids is 1. The second-order valence-electron chi connectivity index (χ2n) is 7.52. The molecule has 0 aliphatic carbocycles. The van der Waals surface area contributed by atoms with Gasteiger partial charge in [0.05, 0.1) is 24.2 Å². The minimum atomic E-state index is -4.35. The number of carbonyl (C=O) groups is 1. The van der Waals surface area contributed by atoms with Gasteiger partial charge in [-0.1, -0.05) is 25.5 Å². The molecule has 0 radical (unpaired) electrons. The first-order chi connectivity index (χ1) is 14.9. The highest BCUT2D eigenvalue weighted by Crippen LogP contribution is 2.24. The maximum Gasteiger partial charge on any atom is 0.411 e. The second-order valence-corrected chi connectivity index (χ2v) is 7.52. The smallest absolute Gasteiger partial charge is 0.411 e. The van der Waals surface area contributed by atoms with E-state index in [9.17, 15) is 18.0 Å². The van der Waals surface area contributed by atoms with Crippen molar-refractivity contribution < 1.29 is 27.4 Å². The first kappa shape index (κ1) is 23.2. The van der Waals surface area contributed by atoms with Crippen LogP contribution in [0.25, 0.3) is 11.0 Å². The Labute approximate surface area is 179 Å². The van der Waals surface area contributed by atoms with Gasteiger partial charge in [0, 0.05) is 32.7 Å². The van der Waals surface area contributed by atoms with E-state index in [0.717, 1.165) is 30.3 Å². The van der Waals surface area contributed by atoms with Crippen LogP contribution in [0.2, 0.25) is 0 Å². The van der Waals surface area contributed by atoms with Crippen LogP contribution >= 0.6 is 0 Å². The quantitative estimate of drug-likeness (QED) is 0.577. The van der Waals surface area contributed by atoms with E-state index in [4.69, 9.17) is 14.5 Å². The number of anilines is 1.